The fourth-order valence-electron chi connectivity index (χ4n) is 2.45. The molecule has 2 aromatic carbocycles. The first-order valence-electron chi connectivity index (χ1n) is 8.24. The van der Waals surface area contributed by atoms with Crippen LogP contribution < -0.4 is 14.8 Å². The lowest BCUT2D eigenvalue weighted by atomic mass is 10.1. The van der Waals surface area contributed by atoms with Crippen molar-refractivity contribution in [3.8, 4) is 11.5 Å². The Bertz CT molecular complexity index is 967. The number of carbonyl (C=O) groups excluding carboxylic acids is 2. The molecule has 3 rings (SSSR count). The van der Waals surface area contributed by atoms with Crippen molar-refractivity contribution in [1.82, 2.24) is 5.32 Å². The molecule has 144 valence electrons. The van der Waals surface area contributed by atoms with E-state index in [0.717, 1.165) is 5.56 Å². The smallest absolute Gasteiger partial charge is 0.337 e. The molecule has 1 N–H and O–H groups in total. The molecular weight excluding hydrogens is 380 g/mol. The van der Waals surface area contributed by atoms with E-state index >= 15 is 0 Å². The van der Waals surface area contributed by atoms with Gasteiger partial charge in [0.15, 0.2) is 5.17 Å². The number of hydrogen-bond acceptors (Lipinski definition) is 7. The maximum atomic E-state index is 12.2. The average Bonchev–Trinajstić information content (AvgIpc) is 3.06. The van der Waals surface area contributed by atoms with E-state index in [1.54, 1.807) is 62.8 Å². The van der Waals surface area contributed by atoms with E-state index in [1.807, 2.05) is 0 Å². The molecule has 7 nitrogen and oxygen atoms in total. The van der Waals surface area contributed by atoms with Crippen molar-refractivity contribution in [1.29, 1.82) is 0 Å². The highest BCUT2D eigenvalue weighted by Gasteiger charge is 2.24. The van der Waals surface area contributed by atoms with Crippen molar-refractivity contribution < 1.29 is 23.8 Å². The summed E-state index contributed by atoms with van der Waals surface area (Å²) in [7, 11) is 4.45. The van der Waals surface area contributed by atoms with Gasteiger partial charge in [0.2, 0.25) is 0 Å². The zero-order valence-corrected chi connectivity index (χ0v) is 16.3. The van der Waals surface area contributed by atoms with Gasteiger partial charge in [0.05, 0.1) is 31.8 Å². The molecule has 0 bridgehead atoms. The molecule has 8 heteroatoms. The van der Waals surface area contributed by atoms with Crippen LogP contribution in [0.3, 0.4) is 0 Å². The molecule has 0 unspecified atom stereocenters. The maximum absolute atomic E-state index is 12.2. The van der Waals surface area contributed by atoms with Gasteiger partial charge < -0.3 is 19.5 Å². The SMILES string of the molecule is COC(=O)c1ccc(C=C2SC(=Nc3ccc(OC)cc3OC)NC2=O)cc1. The van der Waals surface area contributed by atoms with Crippen LogP contribution in [0.25, 0.3) is 6.08 Å². The second-order valence-corrected chi connectivity index (χ2v) is 6.66. The molecular formula is C20H18N2O5S. The van der Waals surface area contributed by atoms with E-state index in [0.29, 0.717) is 32.8 Å². The van der Waals surface area contributed by atoms with Gasteiger partial charge in [-0.2, -0.15) is 0 Å². The van der Waals surface area contributed by atoms with Gasteiger partial charge >= 0.3 is 5.97 Å². The van der Waals surface area contributed by atoms with Crippen LogP contribution in [0, 0.1) is 0 Å². The second kappa shape index (κ2) is 8.62. The Labute approximate surface area is 166 Å². The topological polar surface area (TPSA) is 86.2 Å². The normalized spacial score (nSPS) is 16.2. The van der Waals surface area contributed by atoms with Gasteiger partial charge in [-0.3, -0.25) is 4.79 Å². The minimum Gasteiger partial charge on any atom is -0.497 e. The second-order valence-electron chi connectivity index (χ2n) is 5.63. The number of methoxy groups -OCH3 is 3. The lowest BCUT2D eigenvalue weighted by Gasteiger charge is -2.07. The van der Waals surface area contributed by atoms with E-state index in [1.165, 1.54) is 18.9 Å². The highest BCUT2D eigenvalue weighted by molar-refractivity contribution is 8.18. The molecule has 0 aliphatic carbocycles. The Morgan fingerprint density at radius 1 is 1.07 bits per heavy atom. The van der Waals surface area contributed by atoms with Crippen LogP contribution in [-0.2, 0) is 9.53 Å². The molecule has 1 heterocycles. The summed E-state index contributed by atoms with van der Waals surface area (Å²) in [5.41, 5.74) is 1.81. The fourth-order valence-corrected chi connectivity index (χ4v) is 3.29. The minimum atomic E-state index is -0.407. The summed E-state index contributed by atoms with van der Waals surface area (Å²) in [4.78, 5) is 28.7. The van der Waals surface area contributed by atoms with Crippen LogP contribution in [0.1, 0.15) is 15.9 Å². The van der Waals surface area contributed by atoms with Crippen LogP contribution in [-0.4, -0.2) is 38.4 Å². The van der Waals surface area contributed by atoms with Crippen LogP contribution in [0.5, 0.6) is 11.5 Å². The third-order valence-electron chi connectivity index (χ3n) is 3.89. The number of nitrogens with zero attached hydrogens (tertiary/aromatic N) is 1. The van der Waals surface area contributed by atoms with Crippen molar-refractivity contribution >= 4 is 40.6 Å². The molecule has 1 amide bonds. The number of esters is 1. The van der Waals surface area contributed by atoms with Gasteiger partial charge in [0.1, 0.15) is 17.2 Å². The summed E-state index contributed by atoms with van der Waals surface area (Å²) >= 11 is 1.22. The monoisotopic (exact) mass is 398 g/mol. The summed E-state index contributed by atoms with van der Waals surface area (Å²) in [5, 5.41) is 3.19. The molecule has 2 aromatic rings. The van der Waals surface area contributed by atoms with Crippen LogP contribution >= 0.6 is 11.8 Å². The minimum absolute atomic E-state index is 0.242. The Kier molecular flexibility index (Phi) is 6.00. The lowest BCUT2D eigenvalue weighted by molar-refractivity contribution is -0.115. The molecule has 0 atom stereocenters. The number of nitrogens with one attached hydrogen (secondary N) is 1. The van der Waals surface area contributed by atoms with Crippen molar-refractivity contribution in [3.63, 3.8) is 0 Å². The number of rotatable bonds is 5. The quantitative estimate of drug-likeness (QED) is 0.614. The molecule has 0 aromatic heterocycles. The van der Waals surface area contributed by atoms with Gasteiger partial charge in [0.25, 0.3) is 5.91 Å². The first-order chi connectivity index (χ1) is 13.5. The third-order valence-corrected chi connectivity index (χ3v) is 4.80. The molecule has 0 radical (unpaired) electrons. The summed E-state index contributed by atoms with van der Waals surface area (Å²) in [6, 6.07) is 12.0. The van der Waals surface area contributed by atoms with E-state index in [-0.39, 0.29) is 5.91 Å². The summed E-state index contributed by atoms with van der Waals surface area (Å²) in [5.74, 6) is 0.542. The molecule has 1 aliphatic heterocycles. The Hall–Kier alpha value is -3.26. The standard InChI is InChI=1S/C20H18N2O5S/c1-25-14-8-9-15(16(11-14)26-2)21-20-22-18(23)17(28-20)10-12-4-6-13(7-5-12)19(24)27-3/h4-11H,1-3H3,(H,21,22,23). The van der Waals surface area contributed by atoms with Crippen LogP contribution in [0.15, 0.2) is 52.4 Å². The van der Waals surface area contributed by atoms with Crippen molar-refractivity contribution in [3.05, 3.63) is 58.5 Å². The van der Waals surface area contributed by atoms with Gasteiger partial charge in [-0.1, -0.05) is 12.1 Å². The number of thioether (sulfide) groups is 1. The fraction of sp³-hybridized carbons (Fsp3) is 0.150. The number of hydrogen-bond donors (Lipinski definition) is 1. The number of benzene rings is 2. The van der Waals surface area contributed by atoms with E-state index < -0.39 is 5.97 Å². The summed E-state index contributed by atoms with van der Waals surface area (Å²) < 4.78 is 15.2. The number of carbonyl (C=O) groups is 2. The Morgan fingerprint density at radius 2 is 1.82 bits per heavy atom. The number of amidine groups is 1. The van der Waals surface area contributed by atoms with Crippen molar-refractivity contribution in [2.45, 2.75) is 0 Å². The van der Waals surface area contributed by atoms with Crippen LogP contribution in [0.4, 0.5) is 5.69 Å². The van der Waals surface area contributed by atoms with Gasteiger partial charge in [-0.15, -0.1) is 0 Å². The Morgan fingerprint density at radius 3 is 2.46 bits per heavy atom. The van der Waals surface area contributed by atoms with Crippen molar-refractivity contribution in [2.24, 2.45) is 4.99 Å². The molecule has 0 saturated carbocycles. The molecule has 28 heavy (non-hydrogen) atoms. The van der Waals surface area contributed by atoms with Gasteiger partial charge in [-0.05, 0) is 47.7 Å². The first-order valence-corrected chi connectivity index (χ1v) is 9.05. The van der Waals surface area contributed by atoms with E-state index in [4.69, 9.17) is 9.47 Å². The van der Waals surface area contributed by atoms with E-state index in [9.17, 15) is 9.59 Å². The maximum Gasteiger partial charge on any atom is 0.337 e. The summed E-state index contributed by atoms with van der Waals surface area (Å²) in [6.07, 6.45) is 1.73. The zero-order chi connectivity index (χ0) is 20.1. The number of amides is 1. The zero-order valence-electron chi connectivity index (χ0n) is 15.5. The average molecular weight is 398 g/mol. The number of ether oxygens (including phenoxy) is 3. The number of aliphatic imine (C=N–C) groups is 1. The predicted molar refractivity (Wildman–Crippen MR) is 108 cm³/mol. The highest BCUT2D eigenvalue weighted by Crippen LogP contribution is 2.34. The molecule has 0 spiro atoms. The van der Waals surface area contributed by atoms with Gasteiger partial charge in [0, 0.05) is 6.07 Å². The summed E-state index contributed by atoms with van der Waals surface area (Å²) in [6.45, 7) is 0. The van der Waals surface area contributed by atoms with E-state index in [2.05, 4.69) is 15.0 Å². The van der Waals surface area contributed by atoms with Crippen LogP contribution in [0.2, 0.25) is 0 Å². The predicted octanol–water partition coefficient (Wildman–Crippen LogP) is 3.38. The molecule has 1 fully saturated rings. The van der Waals surface area contributed by atoms with Gasteiger partial charge in [-0.25, -0.2) is 9.79 Å². The Balaban J connectivity index is 1.80. The largest absolute Gasteiger partial charge is 0.497 e. The first kappa shape index (κ1) is 19.5. The third kappa shape index (κ3) is 4.34. The van der Waals surface area contributed by atoms with Crippen molar-refractivity contribution in [2.75, 3.05) is 21.3 Å². The lowest BCUT2D eigenvalue weighted by Crippen LogP contribution is -2.19. The highest BCUT2D eigenvalue weighted by atomic mass is 32.2. The molecule has 1 aliphatic rings. The molecule has 1 saturated heterocycles.